The number of rotatable bonds is 8. The highest BCUT2D eigenvalue weighted by Gasteiger charge is 2.87. The number of carboxylic acid groups (broad SMARTS) is 1. The minimum atomic E-state index is -7.49. The maximum atomic E-state index is 12.9. The van der Waals surface area contributed by atoms with Gasteiger partial charge in [-0.05, 0) is 0 Å². The largest absolute Gasteiger partial charge is 0.481 e. The van der Waals surface area contributed by atoms with Gasteiger partial charge in [-0.2, -0.15) is 48.3 Å². The van der Waals surface area contributed by atoms with E-state index in [0.717, 1.165) is 0 Å². The van der Waals surface area contributed by atoms with Crippen LogP contribution in [0.3, 0.4) is 0 Å². The molecule has 0 atom stereocenters. The Balaban J connectivity index is 5.37. The van der Waals surface area contributed by atoms with E-state index in [2.05, 4.69) is 4.74 Å². The Hall–Kier alpha value is -1.34. The molecule has 0 fully saturated rings. The van der Waals surface area contributed by atoms with Crippen molar-refractivity contribution < 1.29 is 62.9 Å². The van der Waals surface area contributed by atoms with E-state index < -0.39 is 55.5 Å². The Morgan fingerprint density at radius 1 is 0.783 bits per heavy atom. The molecule has 0 aromatic carbocycles. The number of ether oxygens (including phenoxy) is 1. The zero-order valence-electron chi connectivity index (χ0n) is 10.5. The molecule has 0 rings (SSSR count). The van der Waals surface area contributed by atoms with Gasteiger partial charge in [-0.1, -0.05) is 0 Å². The lowest BCUT2D eigenvalue weighted by Gasteiger charge is -2.37. The fourth-order valence-electron chi connectivity index (χ4n) is 1.06. The Labute approximate surface area is 120 Å². The average Bonchev–Trinajstić information content (AvgIpc) is 2.32. The van der Waals surface area contributed by atoms with Crippen LogP contribution in [0, 0.1) is 0 Å². The molecular formula is C9H7F11O3. The number of carboxylic acids is 1. The molecule has 0 heterocycles. The number of hydrogen-bond acceptors (Lipinski definition) is 2. The number of aliphatic carboxylic acids is 1. The van der Waals surface area contributed by atoms with Crippen molar-refractivity contribution >= 4 is 5.97 Å². The third-order valence-electron chi connectivity index (χ3n) is 2.35. The van der Waals surface area contributed by atoms with Crippen molar-refractivity contribution in [2.24, 2.45) is 0 Å². The lowest BCUT2D eigenvalue weighted by Crippen LogP contribution is -2.67. The van der Waals surface area contributed by atoms with Gasteiger partial charge in [0.2, 0.25) is 0 Å². The van der Waals surface area contributed by atoms with E-state index in [0.29, 0.717) is 0 Å². The molecule has 0 bridgehead atoms. The molecule has 0 saturated heterocycles. The highest BCUT2D eigenvalue weighted by molar-refractivity contribution is 5.66. The van der Waals surface area contributed by atoms with E-state index in [1.807, 2.05) is 0 Å². The summed E-state index contributed by atoms with van der Waals surface area (Å²) in [6, 6.07) is 0. The third kappa shape index (κ3) is 3.95. The standard InChI is InChI=1S/C9H7F11O3/c10-5(11,3-23-2-1-4(21)22)6(12,13)7(14,15)8(16,17)9(18,19)20/h1-3H2,(H,21,22). The molecule has 0 amide bonds. The number of carbonyl (C=O) groups is 1. The first-order valence-electron chi connectivity index (χ1n) is 5.29. The van der Waals surface area contributed by atoms with E-state index in [-0.39, 0.29) is 0 Å². The monoisotopic (exact) mass is 372 g/mol. The molecule has 0 saturated carbocycles. The number of hydrogen-bond donors (Lipinski definition) is 1. The van der Waals surface area contributed by atoms with Gasteiger partial charge in [0.15, 0.2) is 0 Å². The zero-order valence-corrected chi connectivity index (χ0v) is 10.5. The van der Waals surface area contributed by atoms with E-state index in [9.17, 15) is 53.1 Å². The smallest absolute Gasteiger partial charge is 0.460 e. The van der Waals surface area contributed by atoms with Gasteiger partial charge in [0.05, 0.1) is 13.0 Å². The van der Waals surface area contributed by atoms with Crippen LogP contribution in [0.25, 0.3) is 0 Å². The van der Waals surface area contributed by atoms with E-state index >= 15 is 0 Å². The lowest BCUT2D eigenvalue weighted by molar-refractivity contribution is -0.424. The maximum absolute atomic E-state index is 12.9. The van der Waals surface area contributed by atoms with Crippen LogP contribution in [-0.2, 0) is 9.53 Å². The fourth-order valence-corrected chi connectivity index (χ4v) is 1.06. The predicted octanol–water partition coefficient (Wildman–Crippen LogP) is 3.58. The summed E-state index contributed by atoms with van der Waals surface area (Å²) in [5, 5.41) is 8.07. The normalized spacial score (nSPS) is 14.9. The van der Waals surface area contributed by atoms with Gasteiger partial charge in [0.25, 0.3) is 0 Å². The second-order valence-electron chi connectivity index (χ2n) is 4.12. The van der Waals surface area contributed by atoms with Gasteiger partial charge >= 0.3 is 35.8 Å². The molecular weight excluding hydrogens is 365 g/mol. The number of halogens is 11. The summed E-state index contributed by atoms with van der Waals surface area (Å²) in [7, 11) is 0. The maximum Gasteiger partial charge on any atom is 0.460 e. The summed E-state index contributed by atoms with van der Waals surface area (Å²) < 4.78 is 141. The van der Waals surface area contributed by atoms with Crippen LogP contribution in [0.1, 0.15) is 6.42 Å². The Kier molecular flexibility index (Phi) is 5.91. The molecule has 0 radical (unpaired) electrons. The zero-order chi connectivity index (χ0) is 18.9. The van der Waals surface area contributed by atoms with Crippen LogP contribution in [0.5, 0.6) is 0 Å². The van der Waals surface area contributed by atoms with E-state index in [1.54, 1.807) is 0 Å². The summed E-state index contributed by atoms with van der Waals surface area (Å²) in [4.78, 5) is 9.96. The van der Waals surface area contributed by atoms with Crippen LogP contribution >= 0.6 is 0 Å². The molecule has 0 unspecified atom stereocenters. The molecule has 3 nitrogen and oxygen atoms in total. The van der Waals surface area contributed by atoms with Gasteiger partial charge in [0, 0.05) is 0 Å². The molecule has 1 N–H and O–H groups in total. The van der Waals surface area contributed by atoms with Crippen LogP contribution < -0.4 is 0 Å². The van der Waals surface area contributed by atoms with Crippen LogP contribution in [0.15, 0.2) is 0 Å². The van der Waals surface area contributed by atoms with Crippen molar-refractivity contribution in [3.8, 4) is 0 Å². The molecule has 0 spiro atoms. The summed E-state index contributed by atoms with van der Waals surface area (Å²) in [5.74, 6) is -29.9. The van der Waals surface area contributed by atoms with Crippen molar-refractivity contribution in [3.63, 3.8) is 0 Å². The Bertz CT molecular complexity index is 429. The molecule has 0 aromatic heterocycles. The van der Waals surface area contributed by atoms with Crippen molar-refractivity contribution in [3.05, 3.63) is 0 Å². The van der Waals surface area contributed by atoms with Gasteiger partial charge < -0.3 is 9.84 Å². The molecule has 23 heavy (non-hydrogen) atoms. The summed E-state index contributed by atoms with van der Waals surface area (Å²) >= 11 is 0. The first kappa shape index (κ1) is 21.7. The molecule has 0 aromatic rings. The van der Waals surface area contributed by atoms with Crippen LogP contribution in [0.2, 0.25) is 0 Å². The summed E-state index contributed by atoms with van der Waals surface area (Å²) in [6.45, 7) is -3.89. The molecule has 0 aliphatic rings. The first-order valence-corrected chi connectivity index (χ1v) is 5.29. The summed E-state index contributed by atoms with van der Waals surface area (Å²) in [5.41, 5.74) is 0. The van der Waals surface area contributed by atoms with E-state index in [1.165, 1.54) is 0 Å². The van der Waals surface area contributed by atoms with Crippen molar-refractivity contribution in [1.82, 2.24) is 0 Å². The SMILES string of the molecule is O=C(O)CCOCC(F)(F)C(F)(F)C(F)(F)C(F)(F)C(F)(F)F. The number of alkyl halides is 11. The van der Waals surface area contributed by atoms with E-state index in [4.69, 9.17) is 5.11 Å². The predicted molar refractivity (Wildman–Crippen MR) is 48.9 cm³/mol. The van der Waals surface area contributed by atoms with Crippen molar-refractivity contribution in [2.75, 3.05) is 13.2 Å². The first-order chi connectivity index (χ1) is 9.92. The van der Waals surface area contributed by atoms with Crippen LogP contribution in [0.4, 0.5) is 48.3 Å². The molecule has 0 aliphatic carbocycles. The highest BCUT2D eigenvalue weighted by atomic mass is 19.4. The Morgan fingerprint density at radius 2 is 1.22 bits per heavy atom. The lowest BCUT2D eigenvalue weighted by atomic mass is 9.98. The molecule has 0 aliphatic heterocycles. The van der Waals surface area contributed by atoms with Crippen molar-refractivity contribution in [1.29, 1.82) is 0 Å². The molecule has 138 valence electrons. The average molecular weight is 372 g/mol. The fraction of sp³-hybridized carbons (Fsp3) is 0.889. The minimum absolute atomic E-state index is 1.03. The third-order valence-corrected chi connectivity index (χ3v) is 2.35. The molecule has 14 heteroatoms. The quantitative estimate of drug-likeness (QED) is 0.524. The van der Waals surface area contributed by atoms with Crippen LogP contribution in [-0.4, -0.2) is 54.2 Å². The van der Waals surface area contributed by atoms with Gasteiger partial charge in [0.1, 0.15) is 6.61 Å². The van der Waals surface area contributed by atoms with Crippen molar-refractivity contribution in [2.45, 2.75) is 36.3 Å². The second-order valence-corrected chi connectivity index (χ2v) is 4.12. The Morgan fingerprint density at radius 3 is 1.57 bits per heavy atom. The van der Waals surface area contributed by atoms with Gasteiger partial charge in [-0.3, -0.25) is 4.79 Å². The summed E-state index contributed by atoms with van der Waals surface area (Å²) in [6.07, 6.45) is -8.25. The highest BCUT2D eigenvalue weighted by Crippen LogP contribution is 2.57. The van der Waals surface area contributed by atoms with Gasteiger partial charge in [-0.25, -0.2) is 0 Å². The topological polar surface area (TPSA) is 46.5 Å². The minimum Gasteiger partial charge on any atom is -0.481 e. The second kappa shape index (κ2) is 6.28. The van der Waals surface area contributed by atoms with Gasteiger partial charge in [-0.15, -0.1) is 0 Å².